The monoisotopic (exact) mass is 268 g/mol. The lowest BCUT2D eigenvalue weighted by Gasteiger charge is -2.44. The van der Waals surface area contributed by atoms with Crippen molar-refractivity contribution < 1.29 is 9.90 Å². The fraction of sp³-hybridized carbons (Fsp3) is 0.389. The lowest BCUT2D eigenvalue weighted by molar-refractivity contribution is -0.116. The molecule has 0 bridgehead atoms. The molecule has 0 heterocycles. The summed E-state index contributed by atoms with van der Waals surface area (Å²) in [5.41, 5.74) is 3.09. The van der Waals surface area contributed by atoms with Gasteiger partial charge in [0.25, 0.3) is 0 Å². The van der Waals surface area contributed by atoms with Crippen molar-refractivity contribution in [2.24, 2.45) is 5.41 Å². The van der Waals surface area contributed by atoms with E-state index in [0.29, 0.717) is 6.42 Å². The van der Waals surface area contributed by atoms with Gasteiger partial charge in [-0.05, 0) is 36.5 Å². The molecule has 3 rings (SSSR count). The number of aliphatic hydroxyl groups is 1. The average molecular weight is 268 g/mol. The first kappa shape index (κ1) is 13.3. The van der Waals surface area contributed by atoms with E-state index in [1.54, 1.807) is 6.08 Å². The van der Waals surface area contributed by atoms with Gasteiger partial charge in [-0.1, -0.05) is 48.9 Å². The van der Waals surface area contributed by atoms with E-state index in [2.05, 4.69) is 25.1 Å². The first-order valence-corrected chi connectivity index (χ1v) is 7.27. The molecule has 104 valence electrons. The van der Waals surface area contributed by atoms with Gasteiger partial charge in [-0.15, -0.1) is 0 Å². The number of hydrogen-bond donors (Lipinski definition) is 1. The summed E-state index contributed by atoms with van der Waals surface area (Å²) in [5.74, 6) is 0.208. The van der Waals surface area contributed by atoms with Gasteiger partial charge < -0.3 is 5.11 Å². The third-order valence-electron chi connectivity index (χ3n) is 4.75. The molecular weight excluding hydrogens is 248 g/mol. The van der Waals surface area contributed by atoms with E-state index in [0.717, 1.165) is 36.0 Å². The van der Waals surface area contributed by atoms with E-state index in [9.17, 15) is 9.90 Å². The number of allylic oxidation sites excluding steroid dienone is 1. The van der Waals surface area contributed by atoms with Crippen LogP contribution in [0, 0.1) is 5.41 Å². The zero-order chi connectivity index (χ0) is 14.2. The molecule has 2 nitrogen and oxygen atoms in total. The summed E-state index contributed by atoms with van der Waals surface area (Å²) < 4.78 is 0. The molecule has 1 aromatic carbocycles. The maximum atomic E-state index is 11.6. The van der Waals surface area contributed by atoms with Crippen molar-refractivity contribution in [1.82, 2.24) is 0 Å². The van der Waals surface area contributed by atoms with E-state index >= 15 is 0 Å². The molecule has 0 aliphatic heterocycles. The van der Waals surface area contributed by atoms with E-state index in [-0.39, 0.29) is 11.2 Å². The second-order valence-electron chi connectivity index (χ2n) is 6.09. The molecule has 0 amide bonds. The quantitative estimate of drug-likeness (QED) is 0.846. The fourth-order valence-corrected chi connectivity index (χ4v) is 3.38. The lowest BCUT2D eigenvalue weighted by Crippen LogP contribution is -2.41. The Morgan fingerprint density at radius 1 is 1.20 bits per heavy atom. The van der Waals surface area contributed by atoms with Gasteiger partial charge in [-0.3, -0.25) is 4.79 Å². The molecule has 2 aliphatic carbocycles. The van der Waals surface area contributed by atoms with Crippen LogP contribution in [-0.2, 0) is 4.79 Å². The Labute approximate surface area is 119 Å². The van der Waals surface area contributed by atoms with E-state index in [1.807, 2.05) is 18.2 Å². The predicted molar refractivity (Wildman–Crippen MR) is 80.1 cm³/mol. The molecule has 1 aromatic rings. The van der Waals surface area contributed by atoms with Crippen molar-refractivity contribution in [3.05, 3.63) is 53.1 Å². The third kappa shape index (κ3) is 2.25. The van der Waals surface area contributed by atoms with Crippen LogP contribution in [0.2, 0.25) is 0 Å². The average Bonchev–Trinajstić information content (AvgIpc) is 2.46. The number of rotatable bonds is 1. The van der Waals surface area contributed by atoms with Crippen molar-refractivity contribution in [2.75, 3.05) is 0 Å². The molecule has 0 radical (unpaired) electrons. The van der Waals surface area contributed by atoms with Crippen molar-refractivity contribution in [3.8, 4) is 0 Å². The van der Waals surface area contributed by atoms with Crippen LogP contribution in [0.15, 0.2) is 47.6 Å². The van der Waals surface area contributed by atoms with Gasteiger partial charge >= 0.3 is 0 Å². The lowest BCUT2D eigenvalue weighted by atomic mass is 9.62. The van der Waals surface area contributed by atoms with Gasteiger partial charge in [0.15, 0.2) is 5.78 Å². The predicted octanol–water partition coefficient (Wildman–Crippen LogP) is 3.52. The number of carbonyl (C=O) groups excluding carboxylic acids is 1. The number of benzene rings is 1. The van der Waals surface area contributed by atoms with Crippen molar-refractivity contribution in [3.63, 3.8) is 0 Å². The van der Waals surface area contributed by atoms with Gasteiger partial charge in [0, 0.05) is 11.8 Å². The van der Waals surface area contributed by atoms with Crippen LogP contribution in [0.1, 0.15) is 38.2 Å². The topological polar surface area (TPSA) is 37.3 Å². The Morgan fingerprint density at radius 2 is 1.95 bits per heavy atom. The van der Waals surface area contributed by atoms with E-state index in [1.165, 1.54) is 0 Å². The maximum absolute atomic E-state index is 11.6. The van der Waals surface area contributed by atoms with Crippen LogP contribution < -0.4 is 0 Å². The second-order valence-corrected chi connectivity index (χ2v) is 6.09. The molecular formula is C18H20O2. The highest BCUT2D eigenvalue weighted by molar-refractivity contribution is 5.91. The van der Waals surface area contributed by atoms with Crippen molar-refractivity contribution in [2.45, 2.75) is 38.7 Å². The van der Waals surface area contributed by atoms with E-state index in [4.69, 9.17) is 0 Å². The standard InChI is InChI=1S/C18H20O2/c1-18-10-9-16(19)12-15(18)8-7-14(17(18)20)11-13-5-3-2-4-6-13/h2-6,11-12,17,20H,7-10H2,1H3. The summed E-state index contributed by atoms with van der Waals surface area (Å²) in [7, 11) is 0. The summed E-state index contributed by atoms with van der Waals surface area (Å²) in [6.45, 7) is 2.09. The molecule has 2 heteroatoms. The smallest absolute Gasteiger partial charge is 0.155 e. The molecule has 2 unspecified atom stereocenters. The third-order valence-corrected chi connectivity index (χ3v) is 4.75. The highest BCUT2D eigenvalue weighted by Gasteiger charge is 2.43. The highest BCUT2D eigenvalue weighted by atomic mass is 16.3. The summed E-state index contributed by atoms with van der Waals surface area (Å²) in [5, 5.41) is 10.8. The Bertz CT molecular complexity index is 583. The van der Waals surface area contributed by atoms with E-state index < -0.39 is 6.10 Å². The van der Waals surface area contributed by atoms with Crippen LogP contribution >= 0.6 is 0 Å². The van der Waals surface area contributed by atoms with Gasteiger partial charge in [0.05, 0.1) is 6.10 Å². The largest absolute Gasteiger partial charge is 0.388 e. The SMILES string of the molecule is CC12CCC(=O)C=C1CCC(=Cc1ccccc1)C2O. The maximum Gasteiger partial charge on any atom is 0.155 e. The molecule has 2 aliphatic rings. The summed E-state index contributed by atoms with van der Waals surface area (Å²) in [6, 6.07) is 10.1. The fourth-order valence-electron chi connectivity index (χ4n) is 3.38. The summed E-state index contributed by atoms with van der Waals surface area (Å²) >= 11 is 0. The zero-order valence-electron chi connectivity index (χ0n) is 11.8. The molecule has 0 aromatic heterocycles. The Balaban J connectivity index is 1.93. The molecule has 1 saturated carbocycles. The molecule has 1 fully saturated rings. The molecule has 20 heavy (non-hydrogen) atoms. The Hall–Kier alpha value is -1.67. The van der Waals surface area contributed by atoms with Crippen molar-refractivity contribution >= 4 is 11.9 Å². The normalized spacial score (nSPS) is 31.9. The van der Waals surface area contributed by atoms with Gasteiger partial charge in [0.2, 0.25) is 0 Å². The number of fused-ring (bicyclic) bond motifs is 1. The number of hydrogen-bond acceptors (Lipinski definition) is 2. The minimum absolute atomic E-state index is 0.208. The number of aliphatic hydroxyl groups excluding tert-OH is 1. The van der Waals surface area contributed by atoms with Crippen LogP contribution in [0.4, 0.5) is 0 Å². The van der Waals surface area contributed by atoms with Crippen LogP contribution in [0.5, 0.6) is 0 Å². The Morgan fingerprint density at radius 3 is 2.70 bits per heavy atom. The number of carbonyl (C=O) groups is 1. The molecule has 2 atom stereocenters. The summed E-state index contributed by atoms with van der Waals surface area (Å²) in [6.07, 6.45) is 6.43. The van der Waals surface area contributed by atoms with Gasteiger partial charge in [-0.2, -0.15) is 0 Å². The Kier molecular flexibility index (Phi) is 3.35. The minimum Gasteiger partial charge on any atom is -0.388 e. The van der Waals surface area contributed by atoms with Crippen LogP contribution in [0.3, 0.4) is 0 Å². The second kappa shape index (κ2) is 5.02. The van der Waals surface area contributed by atoms with Crippen LogP contribution in [0.25, 0.3) is 6.08 Å². The summed E-state index contributed by atoms with van der Waals surface area (Å²) in [4.78, 5) is 11.6. The minimum atomic E-state index is -0.476. The van der Waals surface area contributed by atoms with Crippen molar-refractivity contribution in [1.29, 1.82) is 0 Å². The highest BCUT2D eigenvalue weighted by Crippen LogP contribution is 2.48. The first-order valence-electron chi connectivity index (χ1n) is 7.27. The number of ketones is 1. The van der Waals surface area contributed by atoms with Crippen LogP contribution in [-0.4, -0.2) is 17.0 Å². The molecule has 1 N–H and O–H groups in total. The van der Waals surface area contributed by atoms with Gasteiger partial charge in [-0.25, -0.2) is 0 Å². The molecule has 0 spiro atoms. The zero-order valence-corrected chi connectivity index (χ0v) is 11.8. The van der Waals surface area contributed by atoms with Gasteiger partial charge in [0.1, 0.15) is 0 Å². The first-order chi connectivity index (χ1) is 9.59. The molecule has 0 saturated heterocycles.